The van der Waals surface area contributed by atoms with Gasteiger partial charge in [0.25, 0.3) is 0 Å². The fourth-order valence-electron chi connectivity index (χ4n) is 8.01. The average Bonchev–Trinajstić information content (AvgIpc) is 3.18. The van der Waals surface area contributed by atoms with Crippen LogP contribution in [-0.2, 0) is 5.41 Å². The van der Waals surface area contributed by atoms with Crippen molar-refractivity contribution in [2.45, 2.75) is 72.1 Å². The molecule has 6 aromatic carbocycles. The molecule has 0 unspecified atom stereocenters. The van der Waals surface area contributed by atoms with Crippen molar-refractivity contribution in [2.75, 3.05) is 9.80 Å². The second-order valence-corrected chi connectivity index (χ2v) is 14.9. The predicted molar refractivity (Wildman–Crippen MR) is 223 cm³/mol. The zero-order valence-corrected chi connectivity index (χ0v) is 31.5. The first-order chi connectivity index (χ1) is 25.3. The molecule has 0 atom stereocenters. The van der Waals surface area contributed by atoms with Crippen molar-refractivity contribution < 1.29 is 0 Å². The molecule has 0 aliphatic heterocycles. The number of rotatable bonds is 10. The molecule has 0 radical (unpaired) electrons. The summed E-state index contributed by atoms with van der Waals surface area (Å²) in [5.41, 5.74) is 14.9. The molecule has 52 heavy (non-hydrogen) atoms. The Hall–Kier alpha value is -5.34. The number of hydrogen-bond donors (Lipinski definition) is 0. The predicted octanol–water partition coefficient (Wildman–Crippen LogP) is 14.3. The number of benzene rings is 6. The maximum Gasteiger partial charge on any atom is 0.0461 e. The van der Waals surface area contributed by atoms with Crippen LogP contribution in [0.1, 0.15) is 72.4 Å². The van der Waals surface area contributed by atoms with E-state index in [4.69, 9.17) is 0 Å². The van der Waals surface area contributed by atoms with Crippen LogP contribution in [0, 0.1) is 33.6 Å². The Kier molecular flexibility index (Phi) is 10.5. The highest BCUT2D eigenvalue weighted by atomic mass is 15.1. The standard InChI is InChI=1S/C50H52N2/c1-6-7-8-41-33-35-50(36-34-41,42-17-29-48(30-18-42)51(44-21-9-37(2)10-22-44)45-23-11-38(3)12-24-45)43-19-31-49(32-20-43)52(46-25-13-39(4)14-26-46)47-27-15-40(5)16-28-47/h6-7,9-32,41H,8,33-36H2,1-5H3/b7-6-. The smallest absolute Gasteiger partial charge is 0.0461 e. The number of aryl methyl sites for hydroxylation is 4. The van der Waals surface area contributed by atoms with Crippen LogP contribution in [0.15, 0.2) is 158 Å². The molecule has 7 rings (SSSR count). The van der Waals surface area contributed by atoms with Gasteiger partial charge in [0.15, 0.2) is 0 Å². The topological polar surface area (TPSA) is 6.48 Å². The molecule has 1 fully saturated rings. The molecule has 1 aliphatic carbocycles. The summed E-state index contributed by atoms with van der Waals surface area (Å²) < 4.78 is 0. The van der Waals surface area contributed by atoms with Gasteiger partial charge in [-0.1, -0.05) is 107 Å². The Morgan fingerprint density at radius 1 is 0.442 bits per heavy atom. The van der Waals surface area contributed by atoms with Crippen LogP contribution in [0.25, 0.3) is 0 Å². The fourth-order valence-corrected chi connectivity index (χ4v) is 8.01. The van der Waals surface area contributed by atoms with E-state index < -0.39 is 0 Å². The molecule has 2 nitrogen and oxygen atoms in total. The molecular weight excluding hydrogens is 629 g/mol. The van der Waals surface area contributed by atoms with E-state index in [0.717, 1.165) is 18.8 Å². The van der Waals surface area contributed by atoms with Crippen LogP contribution in [0.5, 0.6) is 0 Å². The highest BCUT2D eigenvalue weighted by Gasteiger charge is 2.38. The van der Waals surface area contributed by atoms with Crippen molar-refractivity contribution in [2.24, 2.45) is 5.92 Å². The van der Waals surface area contributed by atoms with Crippen molar-refractivity contribution >= 4 is 34.1 Å². The lowest BCUT2D eigenvalue weighted by atomic mass is 9.62. The van der Waals surface area contributed by atoms with E-state index in [-0.39, 0.29) is 5.41 Å². The SMILES string of the molecule is C/C=C\CC1CCC(c2ccc(N(c3ccc(C)cc3)c3ccc(C)cc3)cc2)(c2ccc(N(c3ccc(C)cc3)c3ccc(C)cc3)cc2)CC1. The second-order valence-electron chi connectivity index (χ2n) is 14.9. The van der Waals surface area contributed by atoms with E-state index in [9.17, 15) is 0 Å². The van der Waals surface area contributed by atoms with E-state index in [1.807, 2.05) is 0 Å². The third-order valence-electron chi connectivity index (χ3n) is 11.2. The number of hydrogen-bond acceptors (Lipinski definition) is 2. The molecule has 0 bridgehead atoms. The Morgan fingerprint density at radius 2 is 0.712 bits per heavy atom. The average molecular weight is 681 g/mol. The Balaban J connectivity index is 1.27. The number of nitrogens with zero attached hydrogens (tertiary/aromatic N) is 2. The normalized spacial score (nSPS) is 14.4. The van der Waals surface area contributed by atoms with Gasteiger partial charge in [0.05, 0.1) is 0 Å². The van der Waals surface area contributed by atoms with E-state index in [0.29, 0.717) is 0 Å². The Morgan fingerprint density at radius 3 is 0.981 bits per heavy atom. The van der Waals surface area contributed by atoms with Crippen molar-refractivity contribution in [3.63, 3.8) is 0 Å². The molecule has 1 saturated carbocycles. The number of anilines is 6. The molecule has 6 aromatic rings. The maximum atomic E-state index is 2.41. The van der Waals surface area contributed by atoms with Crippen molar-refractivity contribution in [1.29, 1.82) is 0 Å². The fraction of sp³-hybridized carbons (Fsp3) is 0.240. The van der Waals surface area contributed by atoms with Crippen LogP contribution in [0.3, 0.4) is 0 Å². The van der Waals surface area contributed by atoms with Crippen LogP contribution in [0.2, 0.25) is 0 Å². The van der Waals surface area contributed by atoms with Crippen LogP contribution in [0.4, 0.5) is 34.1 Å². The monoisotopic (exact) mass is 680 g/mol. The van der Waals surface area contributed by atoms with Gasteiger partial charge < -0.3 is 9.80 Å². The summed E-state index contributed by atoms with van der Waals surface area (Å²) in [5, 5.41) is 0. The summed E-state index contributed by atoms with van der Waals surface area (Å²) in [6, 6.07) is 54.5. The highest BCUT2D eigenvalue weighted by Crippen LogP contribution is 2.49. The first-order valence-electron chi connectivity index (χ1n) is 19.0. The van der Waals surface area contributed by atoms with Crippen LogP contribution < -0.4 is 9.80 Å². The summed E-state index contributed by atoms with van der Waals surface area (Å²) in [4.78, 5) is 4.76. The molecule has 2 heteroatoms. The van der Waals surface area contributed by atoms with E-state index in [1.165, 1.54) is 86.8 Å². The van der Waals surface area contributed by atoms with E-state index in [1.54, 1.807) is 0 Å². The Labute approximate surface area is 312 Å². The van der Waals surface area contributed by atoms with Crippen molar-refractivity contribution in [3.05, 3.63) is 191 Å². The molecular formula is C50H52N2. The third-order valence-corrected chi connectivity index (χ3v) is 11.2. The molecule has 0 N–H and O–H groups in total. The molecule has 0 saturated heterocycles. The van der Waals surface area contributed by atoms with E-state index in [2.05, 4.69) is 202 Å². The minimum atomic E-state index is -0.0411. The maximum absolute atomic E-state index is 2.41. The summed E-state index contributed by atoms with van der Waals surface area (Å²) in [7, 11) is 0. The minimum absolute atomic E-state index is 0.0411. The lowest BCUT2D eigenvalue weighted by molar-refractivity contribution is 0.267. The first-order valence-corrected chi connectivity index (χ1v) is 19.0. The van der Waals surface area contributed by atoms with Crippen molar-refractivity contribution in [1.82, 2.24) is 0 Å². The van der Waals surface area contributed by atoms with Gasteiger partial charge in [0, 0.05) is 39.5 Å². The molecule has 0 aromatic heterocycles. The largest absolute Gasteiger partial charge is 0.311 e. The van der Waals surface area contributed by atoms with Gasteiger partial charge in [-0.05, 0) is 157 Å². The van der Waals surface area contributed by atoms with E-state index >= 15 is 0 Å². The van der Waals surface area contributed by atoms with Gasteiger partial charge in [0.2, 0.25) is 0 Å². The molecule has 262 valence electrons. The van der Waals surface area contributed by atoms with Crippen LogP contribution in [-0.4, -0.2) is 0 Å². The summed E-state index contributed by atoms with van der Waals surface area (Å²) in [5.74, 6) is 0.736. The summed E-state index contributed by atoms with van der Waals surface area (Å²) in [6.07, 6.45) is 10.5. The quantitative estimate of drug-likeness (QED) is 0.133. The summed E-state index contributed by atoms with van der Waals surface area (Å²) in [6.45, 7) is 10.7. The second kappa shape index (κ2) is 15.5. The Bertz CT molecular complexity index is 1830. The van der Waals surface area contributed by atoms with Gasteiger partial charge in [-0.3, -0.25) is 0 Å². The zero-order valence-electron chi connectivity index (χ0n) is 31.5. The van der Waals surface area contributed by atoms with Gasteiger partial charge in [0.1, 0.15) is 0 Å². The highest BCUT2D eigenvalue weighted by molar-refractivity contribution is 5.78. The van der Waals surface area contributed by atoms with Gasteiger partial charge in [-0.15, -0.1) is 0 Å². The molecule has 0 spiro atoms. The van der Waals surface area contributed by atoms with Gasteiger partial charge in [-0.2, -0.15) is 0 Å². The van der Waals surface area contributed by atoms with Gasteiger partial charge >= 0.3 is 0 Å². The zero-order chi connectivity index (χ0) is 36.1. The molecule has 0 heterocycles. The molecule has 0 amide bonds. The lowest BCUT2D eigenvalue weighted by Gasteiger charge is -2.42. The van der Waals surface area contributed by atoms with Crippen LogP contribution >= 0.6 is 0 Å². The summed E-state index contributed by atoms with van der Waals surface area (Å²) >= 11 is 0. The van der Waals surface area contributed by atoms with Gasteiger partial charge in [-0.25, -0.2) is 0 Å². The third kappa shape index (κ3) is 7.48. The first kappa shape index (κ1) is 35.1. The lowest BCUT2D eigenvalue weighted by Crippen LogP contribution is -2.33. The minimum Gasteiger partial charge on any atom is -0.311 e. The molecule has 1 aliphatic rings. The number of allylic oxidation sites excluding steroid dienone is 2. The van der Waals surface area contributed by atoms with Crippen molar-refractivity contribution in [3.8, 4) is 0 Å².